The van der Waals surface area contributed by atoms with E-state index in [9.17, 15) is 9.59 Å². The minimum atomic E-state index is -0.827. The van der Waals surface area contributed by atoms with Crippen LogP contribution in [-0.4, -0.2) is 31.1 Å². The van der Waals surface area contributed by atoms with E-state index in [1.165, 1.54) is 0 Å². The second-order valence-corrected chi connectivity index (χ2v) is 4.28. The van der Waals surface area contributed by atoms with E-state index in [0.29, 0.717) is 6.42 Å². The molecule has 1 saturated carbocycles. The van der Waals surface area contributed by atoms with Crippen LogP contribution in [0, 0.1) is 5.41 Å². The molecule has 15 heavy (non-hydrogen) atoms. The number of hydrogen-bond acceptors (Lipinski definition) is 4. The Hall–Kier alpha value is -1.14. The van der Waals surface area contributed by atoms with E-state index in [1.807, 2.05) is 13.8 Å². The highest BCUT2D eigenvalue weighted by Gasteiger charge is 2.49. The lowest BCUT2D eigenvalue weighted by Crippen LogP contribution is -2.63. The van der Waals surface area contributed by atoms with Crippen LogP contribution in [0.4, 0.5) is 0 Å². The molecule has 2 amide bonds. The van der Waals surface area contributed by atoms with E-state index in [0.717, 1.165) is 0 Å². The van der Waals surface area contributed by atoms with Gasteiger partial charge in [0, 0.05) is 18.6 Å². The molecule has 0 bridgehead atoms. The molecule has 1 fully saturated rings. The van der Waals surface area contributed by atoms with E-state index in [2.05, 4.69) is 5.32 Å². The molecule has 0 saturated heterocycles. The maximum absolute atomic E-state index is 11.2. The summed E-state index contributed by atoms with van der Waals surface area (Å²) < 4.78 is 5.22. The molecule has 1 aliphatic carbocycles. The zero-order valence-electron chi connectivity index (χ0n) is 9.16. The Bertz CT molecular complexity index is 278. The molecular weight excluding hydrogens is 198 g/mol. The number of methoxy groups -OCH3 is 1. The van der Waals surface area contributed by atoms with Crippen LogP contribution in [-0.2, 0) is 14.3 Å². The van der Waals surface area contributed by atoms with E-state index in [1.54, 1.807) is 12.5 Å². The molecule has 0 aromatic rings. The van der Waals surface area contributed by atoms with Gasteiger partial charge in [-0.05, 0) is 6.42 Å². The van der Waals surface area contributed by atoms with Crippen LogP contribution < -0.4 is 16.6 Å². The van der Waals surface area contributed by atoms with Gasteiger partial charge in [0.15, 0.2) is 0 Å². The molecule has 0 aromatic carbocycles. The Kier molecular flexibility index (Phi) is 3.31. The van der Waals surface area contributed by atoms with Gasteiger partial charge in [0.2, 0.25) is 0 Å². The van der Waals surface area contributed by atoms with Crippen molar-refractivity contribution in [2.45, 2.75) is 32.4 Å². The van der Waals surface area contributed by atoms with Crippen LogP contribution in [0.25, 0.3) is 0 Å². The highest BCUT2D eigenvalue weighted by atomic mass is 16.5. The molecule has 1 aliphatic rings. The van der Waals surface area contributed by atoms with Gasteiger partial charge < -0.3 is 10.1 Å². The van der Waals surface area contributed by atoms with E-state index >= 15 is 0 Å². The quantitative estimate of drug-likeness (QED) is 0.236. The molecule has 1 rings (SSSR count). The van der Waals surface area contributed by atoms with Crippen molar-refractivity contribution in [1.82, 2.24) is 10.7 Å². The maximum Gasteiger partial charge on any atom is 0.323 e. The van der Waals surface area contributed by atoms with E-state index in [4.69, 9.17) is 10.6 Å². The molecule has 2 unspecified atom stereocenters. The van der Waals surface area contributed by atoms with Crippen molar-refractivity contribution in [2.24, 2.45) is 11.3 Å². The third kappa shape index (κ3) is 2.10. The fraction of sp³-hybridized carbons (Fsp3) is 0.778. The van der Waals surface area contributed by atoms with Gasteiger partial charge >= 0.3 is 11.8 Å². The highest BCUT2D eigenvalue weighted by molar-refractivity contribution is 6.35. The minimum Gasteiger partial charge on any atom is -0.381 e. The number of carbonyl (C=O) groups is 2. The summed E-state index contributed by atoms with van der Waals surface area (Å²) in [6.07, 6.45) is 0.830. The van der Waals surface area contributed by atoms with Crippen molar-refractivity contribution in [2.75, 3.05) is 7.11 Å². The summed E-state index contributed by atoms with van der Waals surface area (Å²) in [6, 6.07) is -0.0488. The van der Waals surface area contributed by atoms with Crippen LogP contribution in [0.5, 0.6) is 0 Å². The number of ether oxygens (including phenoxy) is 1. The topological polar surface area (TPSA) is 93.4 Å². The predicted molar refractivity (Wildman–Crippen MR) is 53.5 cm³/mol. The fourth-order valence-electron chi connectivity index (χ4n) is 1.82. The monoisotopic (exact) mass is 215 g/mol. The summed E-state index contributed by atoms with van der Waals surface area (Å²) >= 11 is 0. The van der Waals surface area contributed by atoms with Crippen molar-refractivity contribution in [1.29, 1.82) is 0 Å². The van der Waals surface area contributed by atoms with Crippen molar-refractivity contribution in [3.8, 4) is 0 Å². The van der Waals surface area contributed by atoms with Gasteiger partial charge in [-0.1, -0.05) is 13.8 Å². The molecule has 0 heterocycles. The molecule has 4 N–H and O–H groups in total. The average molecular weight is 215 g/mol. The van der Waals surface area contributed by atoms with Crippen molar-refractivity contribution < 1.29 is 14.3 Å². The number of nitrogens with two attached hydrogens (primary N) is 1. The van der Waals surface area contributed by atoms with E-state index in [-0.39, 0.29) is 17.6 Å². The van der Waals surface area contributed by atoms with Gasteiger partial charge in [-0.25, -0.2) is 5.84 Å². The summed E-state index contributed by atoms with van der Waals surface area (Å²) in [5.41, 5.74) is 1.64. The molecule has 0 spiro atoms. The van der Waals surface area contributed by atoms with Gasteiger partial charge in [-0.2, -0.15) is 0 Å². The zero-order valence-corrected chi connectivity index (χ0v) is 9.16. The Morgan fingerprint density at radius 3 is 2.40 bits per heavy atom. The van der Waals surface area contributed by atoms with Gasteiger partial charge in [0.1, 0.15) is 0 Å². The largest absolute Gasteiger partial charge is 0.381 e. The average Bonchev–Trinajstić information content (AvgIpc) is 2.21. The zero-order chi connectivity index (χ0) is 11.6. The highest BCUT2D eigenvalue weighted by Crippen LogP contribution is 2.42. The van der Waals surface area contributed by atoms with Gasteiger partial charge in [0.25, 0.3) is 0 Å². The maximum atomic E-state index is 11.2. The van der Waals surface area contributed by atoms with Gasteiger partial charge in [-0.15, -0.1) is 0 Å². The molecule has 0 aliphatic heterocycles. The summed E-state index contributed by atoms with van der Waals surface area (Å²) in [4.78, 5) is 22.1. The summed E-state index contributed by atoms with van der Waals surface area (Å²) in [5, 5.41) is 2.61. The lowest BCUT2D eigenvalue weighted by Gasteiger charge is -2.51. The van der Waals surface area contributed by atoms with Crippen LogP contribution in [0.2, 0.25) is 0 Å². The smallest absolute Gasteiger partial charge is 0.323 e. The van der Waals surface area contributed by atoms with Crippen molar-refractivity contribution >= 4 is 11.8 Å². The molecule has 6 heteroatoms. The number of rotatable bonds is 2. The summed E-state index contributed by atoms with van der Waals surface area (Å²) in [7, 11) is 1.64. The summed E-state index contributed by atoms with van der Waals surface area (Å²) in [5.74, 6) is 3.31. The minimum absolute atomic E-state index is 0.0488. The van der Waals surface area contributed by atoms with Crippen LogP contribution in [0.15, 0.2) is 0 Å². The number of nitrogens with one attached hydrogen (secondary N) is 2. The van der Waals surface area contributed by atoms with Gasteiger partial charge in [0.05, 0.1) is 6.10 Å². The Morgan fingerprint density at radius 2 is 2.00 bits per heavy atom. The standard InChI is InChI=1S/C9H17N3O3/c1-9(2)5(4-6(9)15-3)11-7(13)8(14)12-10/h5-6H,4,10H2,1-3H3,(H,11,13)(H,12,14). The van der Waals surface area contributed by atoms with Crippen molar-refractivity contribution in [3.05, 3.63) is 0 Å². The SMILES string of the molecule is COC1CC(NC(=O)C(=O)NN)C1(C)C. The Balaban J connectivity index is 2.49. The lowest BCUT2D eigenvalue weighted by molar-refractivity contribution is -0.145. The summed E-state index contributed by atoms with van der Waals surface area (Å²) in [6.45, 7) is 3.96. The third-order valence-corrected chi connectivity index (χ3v) is 3.10. The molecule has 2 atom stereocenters. The van der Waals surface area contributed by atoms with Crippen LogP contribution in [0.1, 0.15) is 20.3 Å². The first kappa shape index (κ1) is 11.9. The second-order valence-electron chi connectivity index (χ2n) is 4.28. The molecular formula is C9H17N3O3. The molecule has 86 valence electrons. The van der Waals surface area contributed by atoms with Gasteiger partial charge in [-0.3, -0.25) is 15.0 Å². The number of hydrazine groups is 1. The molecule has 6 nitrogen and oxygen atoms in total. The third-order valence-electron chi connectivity index (χ3n) is 3.10. The van der Waals surface area contributed by atoms with E-state index < -0.39 is 11.8 Å². The Labute approximate surface area is 88.5 Å². The number of amides is 2. The number of hydrogen-bond donors (Lipinski definition) is 3. The first-order valence-corrected chi connectivity index (χ1v) is 4.77. The first-order chi connectivity index (χ1) is 6.93. The lowest BCUT2D eigenvalue weighted by atomic mass is 9.64. The normalized spacial score (nSPS) is 27.7. The van der Waals surface area contributed by atoms with Crippen LogP contribution >= 0.6 is 0 Å². The molecule has 0 aromatic heterocycles. The first-order valence-electron chi connectivity index (χ1n) is 4.77. The second kappa shape index (κ2) is 4.16. The predicted octanol–water partition coefficient (Wildman–Crippen LogP) is -1.09. The van der Waals surface area contributed by atoms with Crippen molar-refractivity contribution in [3.63, 3.8) is 0 Å². The molecule has 0 radical (unpaired) electrons. The number of carbonyl (C=O) groups excluding carboxylic acids is 2. The Morgan fingerprint density at radius 1 is 1.40 bits per heavy atom. The fourth-order valence-corrected chi connectivity index (χ4v) is 1.82. The van der Waals surface area contributed by atoms with Crippen LogP contribution in [0.3, 0.4) is 0 Å².